The maximum absolute atomic E-state index is 5.84. The van der Waals surface area contributed by atoms with E-state index < -0.39 is 0 Å². The van der Waals surface area contributed by atoms with Crippen molar-refractivity contribution in [2.45, 2.75) is 43.9 Å². The molecule has 4 bridgehead atoms. The van der Waals surface area contributed by atoms with Gasteiger partial charge in [-0.1, -0.05) is 127 Å². The molecular weight excluding hydrogens is 817 g/mol. The van der Waals surface area contributed by atoms with Crippen molar-refractivity contribution in [3.63, 3.8) is 0 Å². The van der Waals surface area contributed by atoms with Gasteiger partial charge in [-0.3, -0.25) is 0 Å². The Kier molecular flexibility index (Phi) is 7.86. The van der Waals surface area contributed by atoms with Crippen molar-refractivity contribution in [2.75, 3.05) is 0 Å². The summed E-state index contributed by atoms with van der Waals surface area (Å²) < 4.78 is 7.37. The Balaban J connectivity index is 1.06. The molecule has 6 heteroatoms. The van der Waals surface area contributed by atoms with E-state index >= 15 is 0 Å². The SMILES string of the molecule is c1ccc(-n2c3ccccc3c3ccccc32)c(-c2nc(-c3cccc(-n4c5ccccc5c5ccccc54)c3-n3c4ccccc4c4ccccc43)nc(C34CC5CC(CC(C5)C3)C4)n2)c1. The maximum Gasteiger partial charge on any atom is 0.165 e. The smallest absolute Gasteiger partial charge is 0.165 e. The standard InChI is InChI=1S/C61H46N6/c1-8-24-49-41(16-1)42-17-2-9-25-50(42)65(49)55-30-14-7-22-47(55)58-62-59(64-60(63-58)61-35-38-32-39(36-61)34-40(33-38)37-61)48-23-15-31-56(66-51-26-10-3-18-43(51)44-19-4-11-27-52(44)66)57(48)67-53-28-12-5-20-45(53)46-21-6-13-29-54(46)67/h1-31,38-40H,32-37H2. The molecule has 0 spiro atoms. The van der Waals surface area contributed by atoms with Crippen molar-refractivity contribution in [1.82, 2.24) is 28.7 Å². The van der Waals surface area contributed by atoms with Crippen LogP contribution in [0.1, 0.15) is 44.3 Å². The summed E-state index contributed by atoms with van der Waals surface area (Å²) in [5.74, 6) is 4.60. The van der Waals surface area contributed by atoms with E-state index in [4.69, 9.17) is 15.0 Å². The number of aromatic nitrogens is 6. The largest absolute Gasteiger partial charge is 0.309 e. The number of benzene rings is 8. The fraction of sp³-hybridized carbons (Fsp3) is 0.164. The minimum absolute atomic E-state index is 0.0829. The van der Waals surface area contributed by atoms with Gasteiger partial charge in [0.15, 0.2) is 11.6 Å². The summed E-state index contributed by atoms with van der Waals surface area (Å²) in [6, 6.07) is 68.4. The Bertz CT molecular complexity index is 3800. The highest BCUT2D eigenvalue weighted by Gasteiger charge is 2.53. The van der Waals surface area contributed by atoms with Crippen LogP contribution in [-0.4, -0.2) is 28.7 Å². The Labute approximate surface area is 387 Å². The minimum atomic E-state index is -0.0829. The van der Waals surface area contributed by atoms with Crippen LogP contribution >= 0.6 is 0 Å². The van der Waals surface area contributed by atoms with Crippen molar-refractivity contribution in [2.24, 2.45) is 17.8 Å². The van der Waals surface area contributed by atoms with Crippen LogP contribution in [0.3, 0.4) is 0 Å². The van der Waals surface area contributed by atoms with Gasteiger partial charge in [0.1, 0.15) is 5.82 Å². The van der Waals surface area contributed by atoms with Gasteiger partial charge in [0.25, 0.3) is 0 Å². The van der Waals surface area contributed by atoms with Crippen molar-refractivity contribution in [3.8, 4) is 39.8 Å². The molecule has 0 N–H and O–H groups in total. The lowest BCUT2D eigenvalue weighted by Gasteiger charge is -2.56. The molecule has 0 unspecified atom stereocenters. The second kappa shape index (κ2) is 14.1. The second-order valence-electron chi connectivity index (χ2n) is 19.8. The molecule has 67 heavy (non-hydrogen) atoms. The van der Waals surface area contributed by atoms with Gasteiger partial charge in [0, 0.05) is 48.9 Å². The molecule has 0 saturated heterocycles. The summed E-state index contributed by atoms with van der Waals surface area (Å²) in [4.78, 5) is 17.3. The first kappa shape index (κ1) is 37.4. The van der Waals surface area contributed by atoms with E-state index in [9.17, 15) is 0 Å². The highest BCUT2D eigenvalue weighted by atomic mass is 15.1. The average molecular weight is 863 g/mol. The van der Waals surface area contributed by atoms with Gasteiger partial charge in [-0.05, 0) is 117 Å². The van der Waals surface area contributed by atoms with Gasteiger partial charge in [-0.2, -0.15) is 0 Å². The Morgan fingerprint density at radius 3 is 1.13 bits per heavy atom. The highest BCUT2D eigenvalue weighted by molar-refractivity contribution is 6.13. The van der Waals surface area contributed by atoms with Crippen molar-refractivity contribution < 1.29 is 0 Å². The van der Waals surface area contributed by atoms with Crippen LogP contribution in [-0.2, 0) is 5.41 Å². The predicted molar refractivity (Wildman–Crippen MR) is 274 cm³/mol. The first-order valence-electron chi connectivity index (χ1n) is 24.1. The van der Waals surface area contributed by atoms with Crippen LogP contribution in [0.15, 0.2) is 188 Å². The molecule has 0 atom stereocenters. The van der Waals surface area contributed by atoms with E-state index in [0.29, 0.717) is 5.82 Å². The molecule has 4 aromatic heterocycles. The van der Waals surface area contributed by atoms with E-state index in [-0.39, 0.29) is 5.41 Å². The first-order chi connectivity index (χ1) is 33.2. The van der Waals surface area contributed by atoms with E-state index in [1.165, 1.54) is 62.6 Å². The number of nitrogens with zero attached hydrogens (tertiary/aromatic N) is 6. The molecule has 12 aromatic rings. The van der Waals surface area contributed by atoms with Crippen LogP contribution in [0, 0.1) is 17.8 Å². The van der Waals surface area contributed by atoms with E-state index in [0.717, 1.165) is 98.9 Å². The van der Waals surface area contributed by atoms with Gasteiger partial charge < -0.3 is 13.7 Å². The summed E-state index contributed by atoms with van der Waals surface area (Å²) in [6.45, 7) is 0. The molecule has 16 rings (SSSR count). The fourth-order valence-electron chi connectivity index (χ4n) is 13.8. The van der Waals surface area contributed by atoms with Crippen LogP contribution in [0.2, 0.25) is 0 Å². The van der Waals surface area contributed by atoms with Crippen molar-refractivity contribution >= 4 is 65.4 Å². The molecule has 4 fully saturated rings. The van der Waals surface area contributed by atoms with Crippen LogP contribution in [0.25, 0.3) is 105 Å². The zero-order chi connectivity index (χ0) is 43.8. The number of para-hydroxylation sites is 8. The molecule has 4 saturated carbocycles. The molecule has 0 aliphatic heterocycles. The molecule has 0 radical (unpaired) electrons. The number of hydrogen-bond acceptors (Lipinski definition) is 3. The monoisotopic (exact) mass is 862 g/mol. The third kappa shape index (κ3) is 5.41. The van der Waals surface area contributed by atoms with E-state index in [1.54, 1.807) is 0 Å². The lowest BCUT2D eigenvalue weighted by Crippen LogP contribution is -2.49. The second-order valence-corrected chi connectivity index (χ2v) is 19.8. The molecule has 4 heterocycles. The molecule has 0 amide bonds. The van der Waals surface area contributed by atoms with E-state index in [1.807, 2.05) is 0 Å². The quantitative estimate of drug-likeness (QED) is 0.167. The summed E-state index contributed by atoms with van der Waals surface area (Å²) in [6.07, 6.45) is 7.49. The van der Waals surface area contributed by atoms with Gasteiger partial charge in [-0.25, -0.2) is 15.0 Å². The summed E-state index contributed by atoms with van der Waals surface area (Å²) in [7, 11) is 0. The summed E-state index contributed by atoms with van der Waals surface area (Å²) in [5.41, 5.74) is 12.0. The molecule has 4 aliphatic rings. The predicted octanol–water partition coefficient (Wildman–Crippen LogP) is 15.0. The first-order valence-corrected chi connectivity index (χ1v) is 24.1. The highest BCUT2D eigenvalue weighted by Crippen LogP contribution is 2.60. The lowest BCUT2D eigenvalue weighted by molar-refractivity contribution is -0.00938. The molecule has 320 valence electrons. The summed E-state index contributed by atoms with van der Waals surface area (Å²) >= 11 is 0. The molecule has 8 aromatic carbocycles. The third-order valence-electron chi connectivity index (χ3n) is 16.0. The Hall–Kier alpha value is -7.83. The topological polar surface area (TPSA) is 53.5 Å². The normalized spacial score (nSPS) is 20.1. The van der Waals surface area contributed by atoms with Gasteiger partial charge >= 0.3 is 0 Å². The number of fused-ring (bicyclic) bond motifs is 9. The maximum atomic E-state index is 5.84. The molecular formula is C61H46N6. The van der Waals surface area contributed by atoms with E-state index in [2.05, 4.69) is 202 Å². The lowest BCUT2D eigenvalue weighted by atomic mass is 9.49. The molecule has 6 nitrogen and oxygen atoms in total. The zero-order valence-corrected chi connectivity index (χ0v) is 37.1. The minimum Gasteiger partial charge on any atom is -0.309 e. The zero-order valence-electron chi connectivity index (χ0n) is 37.1. The van der Waals surface area contributed by atoms with Crippen molar-refractivity contribution in [3.05, 3.63) is 194 Å². The fourth-order valence-corrected chi connectivity index (χ4v) is 13.8. The van der Waals surface area contributed by atoms with Crippen LogP contribution < -0.4 is 0 Å². The summed E-state index contributed by atoms with van der Waals surface area (Å²) in [5, 5.41) is 7.35. The number of hydrogen-bond donors (Lipinski definition) is 0. The Morgan fingerprint density at radius 2 is 0.672 bits per heavy atom. The van der Waals surface area contributed by atoms with Gasteiger partial charge in [-0.15, -0.1) is 0 Å². The third-order valence-corrected chi connectivity index (χ3v) is 16.0. The van der Waals surface area contributed by atoms with Gasteiger partial charge in [0.2, 0.25) is 0 Å². The van der Waals surface area contributed by atoms with Gasteiger partial charge in [0.05, 0.1) is 50.2 Å². The molecule has 4 aliphatic carbocycles. The van der Waals surface area contributed by atoms with Crippen LogP contribution in [0.4, 0.5) is 0 Å². The van der Waals surface area contributed by atoms with Crippen molar-refractivity contribution in [1.29, 1.82) is 0 Å². The Morgan fingerprint density at radius 1 is 0.328 bits per heavy atom. The number of rotatable bonds is 6. The van der Waals surface area contributed by atoms with Crippen LogP contribution in [0.5, 0.6) is 0 Å². The average Bonchev–Trinajstić information content (AvgIpc) is 4.01.